The number of aromatic carboxylic acids is 1. The summed E-state index contributed by atoms with van der Waals surface area (Å²) >= 11 is 6.89. The number of carboxylic acids is 1. The normalized spacial score (nSPS) is 13.9. The van der Waals surface area contributed by atoms with Gasteiger partial charge in [-0.15, -0.1) is 0 Å². The second-order valence-electron chi connectivity index (χ2n) is 9.85. The number of hydrogen-bond acceptors (Lipinski definition) is 6. The van der Waals surface area contributed by atoms with E-state index in [0.29, 0.717) is 31.9 Å². The summed E-state index contributed by atoms with van der Waals surface area (Å²) in [7, 11) is 4.01. The van der Waals surface area contributed by atoms with Crippen LogP contribution in [-0.4, -0.2) is 72.3 Å². The van der Waals surface area contributed by atoms with Crippen molar-refractivity contribution in [1.29, 1.82) is 0 Å². The highest BCUT2D eigenvalue weighted by atomic mass is 35.5. The Morgan fingerprint density at radius 1 is 1.08 bits per heavy atom. The summed E-state index contributed by atoms with van der Waals surface area (Å²) < 4.78 is 17.2. The molecule has 0 radical (unpaired) electrons. The summed E-state index contributed by atoms with van der Waals surface area (Å²) in [4.78, 5) is 35.5. The minimum atomic E-state index is -1.38. The van der Waals surface area contributed by atoms with E-state index in [2.05, 4.69) is 14.8 Å². The van der Waals surface area contributed by atoms with Crippen molar-refractivity contribution in [3.05, 3.63) is 93.1 Å². The summed E-state index contributed by atoms with van der Waals surface area (Å²) in [6.07, 6.45) is 3.86. The highest BCUT2D eigenvalue weighted by Gasteiger charge is 2.27. The Morgan fingerprint density at radius 3 is 2.38 bits per heavy atom. The zero-order valence-electron chi connectivity index (χ0n) is 21.8. The molecule has 0 bridgehead atoms. The van der Waals surface area contributed by atoms with Crippen LogP contribution in [0, 0.1) is 5.82 Å². The smallest absolute Gasteiger partial charge is 0.341 e. The number of benzene rings is 2. The van der Waals surface area contributed by atoms with Crippen molar-refractivity contribution in [3.63, 3.8) is 0 Å². The molecular formula is C29H29ClFN5O3. The SMILES string of the molecule is CN(C)CCc1ccc(-n2cc(C(=O)O)c(=O)c3cc(F)c(N4CCN(c5ccccn5)CC4)c(Cl)c32)cc1. The van der Waals surface area contributed by atoms with Gasteiger partial charge in [0.25, 0.3) is 0 Å². The molecular weight excluding hydrogens is 521 g/mol. The molecule has 8 nitrogen and oxygen atoms in total. The zero-order chi connectivity index (χ0) is 27.7. The van der Waals surface area contributed by atoms with Crippen LogP contribution in [0.15, 0.2) is 65.7 Å². The van der Waals surface area contributed by atoms with Gasteiger partial charge in [0, 0.05) is 50.8 Å². The van der Waals surface area contributed by atoms with E-state index in [4.69, 9.17) is 11.6 Å². The lowest BCUT2D eigenvalue weighted by molar-refractivity contribution is 0.0695. The van der Waals surface area contributed by atoms with Crippen molar-refractivity contribution < 1.29 is 14.3 Å². The number of carboxylic acid groups (broad SMARTS) is 1. The predicted octanol–water partition coefficient (Wildman–Crippen LogP) is 4.31. The Kier molecular flexibility index (Phi) is 7.54. The fourth-order valence-electron chi connectivity index (χ4n) is 4.93. The minimum Gasteiger partial charge on any atom is -0.477 e. The molecule has 1 aliphatic rings. The topological polar surface area (TPSA) is 81.9 Å². The monoisotopic (exact) mass is 549 g/mol. The second-order valence-corrected chi connectivity index (χ2v) is 10.2. The van der Waals surface area contributed by atoms with Crippen molar-refractivity contribution in [1.82, 2.24) is 14.5 Å². The van der Waals surface area contributed by atoms with E-state index < -0.39 is 22.8 Å². The lowest BCUT2D eigenvalue weighted by Gasteiger charge is -2.37. The Bertz CT molecular complexity index is 1570. The van der Waals surface area contributed by atoms with Crippen molar-refractivity contribution >= 4 is 40.0 Å². The molecule has 2 aromatic heterocycles. The Labute approximate surface area is 230 Å². The number of pyridine rings is 2. The molecule has 10 heteroatoms. The summed E-state index contributed by atoms with van der Waals surface area (Å²) in [5, 5.41) is 9.71. The quantitative estimate of drug-likeness (QED) is 0.368. The molecule has 0 atom stereocenters. The number of carbonyl (C=O) groups is 1. The van der Waals surface area contributed by atoms with E-state index >= 15 is 4.39 Å². The van der Waals surface area contributed by atoms with E-state index in [1.165, 1.54) is 6.20 Å². The predicted molar refractivity (Wildman–Crippen MR) is 152 cm³/mol. The van der Waals surface area contributed by atoms with Gasteiger partial charge in [0.15, 0.2) is 0 Å². The largest absolute Gasteiger partial charge is 0.477 e. The molecule has 1 aliphatic heterocycles. The maximum Gasteiger partial charge on any atom is 0.341 e. The lowest BCUT2D eigenvalue weighted by Crippen LogP contribution is -2.47. The first-order valence-electron chi connectivity index (χ1n) is 12.7. The minimum absolute atomic E-state index is 0.0713. The molecule has 1 N–H and O–H groups in total. The number of fused-ring (bicyclic) bond motifs is 1. The Morgan fingerprint density at radius 2 is 1.77 bits per heavy atom. The van der Waals surface area contributed by atoms with E-state index in [1.54, 1.807) is 10.8 Å². The van der Waals surface area contributed by atoms with Crippen molar-refractivity contribution in [2.45, 2.75) is 6.42 Å². The third kappa shape index (κ3) is 5.32. The van der Waals surface area contributed by atoms with Crippen LogP contribution in [0.5, 0.6) is 0 Å². The molecule has 4 aromatic rings. The molecule has 0 aliphatic carbocycles. The van der Waals surface area contributed by atoms with Gasteiger partial charge in [-0.05, 0) is 56.4 Å². The number of halogens is 2. The van der Waals surface area contributed by atoms with Gasteiger partial charge >= 0.3 is 5.97 Å². The molecule has 0 unspecified atom stereocenters. The van der Waals surface area contributed by atoms with Crippen LogP contribution in [0.4, 0.5) is 15.9 Å². The fraction of sp³-hybridized carbons (Fsp3) is 0.276. The zero-order valence-corrected chi connectivity index (χ0v) is 22.5. The number of nitrogens with zero attached hydrogens (tertiary/aromatic N) is 5. The first-order valence-corrected chi connectivity index (χ1v) is 13.1. The van der Waals surface area contributed by atoms with Gasteiger partial charge in [-0.2, -0.15) is 0 Å². The number of piperazine rings is 1. The van der Waals surface area contributed by atoms with E-state index in [9.17, 15) is 14.7 Å². The van der Waals surface area contributed by atoms with Gasteiger partial charge in [-0.1, -0.05) is 29.8 Å². The van der Waals surface area contributed by atoms with E-state index in [-0.39, 0.29) is 21.6 Å². The van der Waals surface area contributed by atoms with Crippen LogP contribution in [0.3, 0.4) is 0 Å². The standard InChI is InChI=1S/C29H29ClFN5O3/c1-33(2)12-10-19-6-8-20(9-7-19)36-18-22(29(38)39)28(37)21-17-23(31)27(25(30)26(21)36)35-15-13-34(14-16-35)24-5-3-4-11-32-24/h3-9,11,17-18H,10,12-16H2,1-2H3,(H,38,39). The van der Waals surface area contributed by atoms with Crippen molar-refractivity contribution in [3.8, 4) is 5.69 Å². The van der Waals surface area contributed by atoms with E-state index in [0.717, 1.165) is 30.4 Å². The lowest BCUT2D eigenvalue weighted by atomic mass is 10.1. The summed E-state index contributed by atoms with van der Waals surface area (Å²) in [5.41, 5.74) is 0.977. The number of likely N-dealkylation sites (N-methyl/N-ethyl adjacent to an activating group) is 1. The molecule has 2 aromatic carbocycles. The number of rotatable bonds is 7. The van der Waals surface area contributed by atoms with Crippen LogP contribution in [0.1, 0.15) is 15.9 Å². The van der Waals surface area contributed by atoms with Crippen molar-refractivity contribution in [2.24, 2.45) is 0 Å². The third-order valence-corrected chi connectivity index (χ3v) is 7.38. The molecule has 1 fully saturated rings. The number of aromatic nitrogens is 2. The average Bonchev–Trinajstić information content (AvgIpc) is 2.93. The molecule has 0 amide bonds. The van der Waals surface area contributed by atoms with E-state index in [1.807, 2.05) is 61.5 Å². The molecule has 5 rings (SSSR count). The molecule has 202 valence electrons. The second kappa shape index (κ2) is 11.0. The molecule has 0 saturated carbocycles. The average molecular weight is 550 g/mol. The van der Waals surface area contributed by atoms with Gasteiger partial charge in [0.05, 0.1) is 21.6 Å². The van der Waals surface area contributed by atoms with Crippen LogP contribution in [0.25, 0.3) is 16.6 Å². The summed E-state index contributed by atoms with van der Waals surface area (Å²) in [6, 6.07) is 14.4. The highest BCUT2D eigenvalue weighted by molar-refractivity contribution is 6.38. The maximum atomic E-state index is 15.6. The van der Waals surface area contributed by atoms with Gasteiger partial charge in [0.1, 0.15) is 17.2 Å². The highest BCUT2D eigenvalue weighted by Crippen LogP contribution is 2.37. The summed E-state index contributed by atoms with van der Waals surface area (Å²) in [5.74, 6) is -1.19. The van der Waals surface area contributed by atoms with Crippen LogP contribution in [-0.2, 0) is 6.42 Å². The van der Waals surface area contributed by atoms with Gasteiger partial charge < -0.3 is 24.4 Å². The third-order valence-electron chi connectivity index (χ3n) is 7.02. The van der Waals surface area contributed by atoms with Crippen LogP contribution in [0.2, 0.25) is 5.02 Å². The first-order chi connectivity index (χ1) is 18.7. The van der Waals surface area contributed by atoms with Crippen LogP contribution >= 0.6 is 11.6 Å². The molecule has 1 saturated heterocycles. The number of hydrogen-bond donors (Lipinski definition) is 1. The van der Waals surface area contributed by atoms with Gasteiger partial charge in [0.2, 0.25) is 5.43 Å². The first kappa shape index (κ1) is 26.6. The molecule has 0 spiro atoms. The van der Waals surface area contributed by atoms with Crippen molar-refractivity contribution in [2.75, 3.05) is 56.6 Å². The Hall–Kier alpha value is -3.95. The number of anilines is 2. The van der Waals surface area contributed by atoms with Gasteiger partial charge in [-0.3, -0.25) is 4.79 Å². The maximum absolute atomic E-state index is 15.6. The van der Waals surface area contributed by atoms with Crippen LogP contribution < -0.4 is 15.2 Å². The summed E-state index contributed by atoms with van der Waals surface area (Å²) in [6.45, 7) is 3.10. The molecule has 3 heterocycles. The fourth-order valence-corrected chi connectivity index (χ4v) is 5.33. The Balaban J connectivity index is 1.58. The van der Waals surface area contributed by atoms with Gasteiger partial charge in [-0.25, -0.2) is 14.2 Å². The molecule has 39 heavy (non-hydrogen) atoms.